The van der Waals surface area contributed by atoms with Crippen molar-refractivity contribution in [1.82, 2.24) is 9.88 Å². The second kappa shape index (κ2) is 10.2. The molecule has 0 unspecified atom stereocenters. The zero-order valence-electron chi connectivity index (χ0n) is 18.7. The first-order valence-corrected chi connectivity index (χ1v) is 11.6. The first-order valence-electron chi connectivity index (χ1n) is 11.6. The summed E-state index contributed by atoms with van der Waals surface area (Å²) in [6, 6.07) is 11.2. The molecule has 7 heteroatoms. The lowest BCUT2D eigenvalue weighted by molar-refractivity contribution is -0.118. The number of benzene rings is 1. The summed E-state index contributed by atoms with van der Waals surface area (Å²) in [4.78, 5) is 34.3. The molecule has 1 aromatic heterocycles. The molecule has 2 heterocycles. The summed E-state index contributed by atoms with van der Waals surface area (Å²) in [7, 11) is 2.16. The average molecular weight is 437 g/mol. The Labute approximate surface area is 189 Å². The number of aliphatic hydroxyl groups excluding tert-OH is 1. The molecule has 7 nitrogen and oxygen atoms in total. The average Bonchev–Trinajstić information content (AvgIpc) is 2.93. The van der Waals surface area contributed by atoms with Crippen molar-refractivity contribution in [2.45, 2.75) is 63.5 Å². The number of hydrogen-bond donors (Lipinski definition) is 2. The van der Waals surface area contributed by atoms with Gasteiger partial charge in [0, 0.05) is 18.7 Å². The number of unbranched alkanes of at least 4 members (excludes halogenated alkanes) is 2. The number of carbonyl (C=O) groups is 2. The second-order valence-electron chi connectivity index (χ2n) is 8.83. The van der Waals surface area contributed by atoms with Crippen molar-refractivity contribution in [3.8, 4) is 0 Å². The van der Waals surface area contributed by atoms with Gasteiger partial charge >= 0.3 is 0 Å². The Morgan fingerprint density at radius 3 is 2.72 bits per heavy atom. The molecule has 1 aliphatic heterocycles. The highest BCUT2D eigenvalue weighted by Gasteiger charge is 2.29. The van der Waals surface area contributed by atoms with Gasteiger partial charge in [0.15, 0.2) is 5.82 Å². The van der Waals surface area contributed by atoms with E-state index in [2.05, 4.69) is 22.2 Å². The van der Waals surface area contributed by atoms with Crippen LogP contribution in [0.4, 0.5) is 17.2 Å². The summed E-state index contributed by atoms with van der Waals surface area (Å²) in [6.07, 6.45) is 8.62. The summed E-state index contributed by atoms with van der Waals surface area (Å²) >= 11 is 0. The largest absolute Gasteiger partial charge is 0.393 e. The summed E-state index contributed by atoms with van der Waals surface area (Å²) < 4.78 is 0. The predicted octanol–water partition coefficient (Wildman–Crippen LogP) is 4.11. The van der Waals surface area contributed by atoms with Crippen LogP contribution < -0.4 is 10.2 Å². The molecular weight excluding hydrogens is 404 g/mol. The summed E-state index contributed by atoms with van der Waals surface area (Å²) in [6.45, 7) is 1.00. The van der Waals surface area contributed by atoms with E-state index >= 15 is 0 Å². The molecule has 170 valence electrons. The number of fused-ring (bicyclic) bond motifs is 2. The monoisotopic (exact) mass is 436 g/mol. The zero-order chi connectivity index (χ0) is 22.5. The molecular formula is C25H32N4O3. The van der Waals surface area contributed by atoms with E-state index < -0.39 is 0 Å². The standard InChI is InChI=1S/C25H32N4O3/c1-28(18-12-14-19(30)15-13-18)17-6-2-3-11-23(31)29-22-10-5-4-8-20(22)25(32)27-21-9-7-16-26-24(21)29/h4-5,7-10,16,18-19,30H,2-3,6,11-15,17H2,1H3,(H,27,32)/t18-,19-. The Morgan fingerprint density at radius 2 is 1.91 bits per heavy atom. The molecule has 1 aliphatic carbocycles. The molecule has 1 fully saturated rings. The van der Waals surface area contributed by atoms with Gasteiger partial charge in [0.25, 0.3) is 5.91 Å². The van der Waals surface area contributed by atoms with Crippen molar-refractivity contribution in [3.05, 3.63) is 48.2 Å². The van der Waals surface area contributed by atoms with Gasteiger partial charge in [-0.15, -0.1) is 0 Å². The maximum absolute atomic E-state index is 13.3. The number of hydrogen-bond acceptors (Lipinski definition) is 5. The summed E-state index contributed by atoms with van der Waals surface area (Å²) in [5, 5.41) is 12.6. The van der Waals surface area contributed by atoms with E-state index in [0.29, 0.717) is 35.2 Å². The molecule has 0 spiro atoms. The number of carbonyl (C=O) groups excluding carboxylic acids is 2. The molecule has 2 aromatic rings. The van der Waals surface area contributed by atoms with E-state index in [4.69, 9.17) is 0 Å². The van der Waals surface area contributed by atoms with Crippen LogP contribution in [0.25, 0.3) is 0 Å². The fraction of sp³-hybridized carbons (Fsp3) is 0.480. The van der Waals surface area contributed by atoms with E-state index in [9.17, 15) is 14.7 Å². The van der Waals surface area contributed by atoms with E-state index in [1.807, 2.05) is 6.07 Å². The number of para-hydroxylation sites is 1. The highest BCUT2D eigenvalue weighted by atomic mass is 16.3. The summed E-state index contributed by atoms with van der Waals surface area (Å²) in [5.41, 5.74) is 1.59. The molecule has 0 bridgehead atoms. The molecule has 2 aliphatic rings. The number of nitrogens with one attached hydrogen (secondary N) is 1. The van der Waals surface area contributed by atoms with E-state index in [1.54, 1.807) is 41.4 Å². The van der Waals surface area contributed by atoms with Crippen LogP contribution in [-0.2, 0) is 4.79 Å². The maximum Gasteiger partial charge on any atom is 0.257 e. The minimum Gasteiger partial charge on any atom is -0.393 e. The molecule has 0 saturated heterocycles. The van der Waals surface area contributed by atoms with Gasteiger partial charge in [-0.05, 0) is 76.4 Å². The van der Waals surface area contributed by atoms with Gasteiger partial charge in [-0.2, -0.15) is 0 Å². The third-order valence-corrected chi connectivity index (χ3v) is 6.58. The van der Waals surface area contributed by atoms with Crippen molar-refractivity contribution in [3.63, 3.8) is 0 Å². The van der Waals surface area contributed by atoms with Gasteiger partial charge in [-0.25, -0.2) is 4.98 Å². The number of aliphatic hydroxyl groups is 1. The predicted molar refractivity (Wildman–Crippen MR) is 125 cm³/mol. The number of rotatable bonds is 7. The van der Waals surface area contributed by atoms with Gasteiger partial charge in [-0.1, -0.05) is 18.6 Å². The number of anilines is 3. The van der Waals surface area contributed by atoms with Gasteiger partial charge < -0.3 is 15.3 Å². The van der Waals surface area contributed by atoms with Crippen molar-refractivity contribution >= 4 is 29.0 Å². The summed E-state index contributed by atoms with van der Waals surface area (Å²) in [5.74, 6) is 0.182. The SMILES string of the molecule is CN(CCCCCC(=O)N1c2ccccc2C(=O)Nc2cccnc21)[C@H]1CC[C@H](O)CC1. The zero-order valence-corrected chi connectivity index (χ0v) is 18.7. The maximum atomic E-state index is 13.3. The fourth-order valence-electron chi connectivity index (χ4n) is 4.70. The van der Waals surface area contributed by atoms with Crippen LogP contribution in [-0.4, -0.2) is 52.5 Å². The molecule has 4 rings (SSSR count). The highest BCUT2D eigenvalue weighted by molar-refractivity contribution is 6.17. The quantitative estimate of drug-likeness (QED) is 0.638. The molecule has 2 N–H and O–H groups in total. The van der Waals surface area contributed by atoms with E-state index in [0.717, 1.165) is 51.5 Å². The Morgan fingerprint density at radius 1 is 1.12 bits per heavy atom. The third kappa shape index (κ3) is 5.00. The normalized spacial score (nSPS) is 20.3. The lowest BCUT2D eigenvalue weighted by atomic mass is 9.92. The number of aromatic nitrogens is 1. The lowest BCUT2D eigenvalue weighted by Crippen LogP contribution is -2.36. The Balaban J connectivity index is 1.35. The van der Waals surface area contributed by atoms with Crippen LogP contribution >= 0.6 is 0 Å². The van der Waals surface area contributed by atoms with Crippen LogP contribution in [0.1, 0.15) is 61.7 Å². The lowest BCUT2D eigenvalue weighted by Gasteiger charge is -2.33. The van der Waals surface area contributed by atoms with Gasteiger partial charge in [0.05, 0.1) is 23.0 Å². The first-order chi connectivity index (χ1) is 15.5. The Hall–Kier alpha value is -2.77. The van der Waals surface area contributed by atoms with Crippen LogP contribution in [0.5, 0.6) is 0 Å². The third-order valence-electron chi connectivity index (χ3n) is 6.58. The van der Waals surface area contributed by atoms with Crippen molar-refractivity contribution in [2.24, 2.45) is 0 Å². The fourth-order valence-corrected chi connectivity index (χ4v) is 4.70. The second-order valence-corrected chi connectivity index (χ2v) is 8.83. The van der Waals surface area contributed by atoms with Crippen LogP contribution in [0, 0.1) is 0 Å². The highest BCUT2D eigenvalue weighted by Crippen LogP contribution is 2.36. The van der Waals surface area contributed by atoms with Crippen LogP contribution in [0.3, 0.4) is 0 Å². The van der Waals surface area contributed by atoms with Gasteiger partial charge in [0.2, 0.25) is 5.91 Å². The topological polar surface area (TPSA) is 85.8 Å². The smallest absolute Gasteiger partial charge is 0.257 e. The molecule has 1 aromatic carbocycles. The van der Waals surface area contributed by atoms with Crippen molar-refractivity contribution < 1.29 is 14.7 Å². The minimum atomic E-state index is -0.233. The van der Waals surface area contributed by atoms with Gasteiger partial charge in [0.1, 0.15) is 0 Å². The number of amides is 2. The molecule has 32 heavy (non-hydrogen) atoms. The van der Waals surface area contributed by atoms with Crippen molar-refractivity contribution in [2.75, 3.05) is 23.8 Å². The Bertz CT molecular complexity index is 956. The molecule has 1 saturated carbocycles. The minimum absolute atomic E-state index is 0.0523. The van der Waals surface area contributed by atoms with Crippen molar-refractivity contribution in [1.29, 1.82) is 0 Å². The van der Waals surface area contributed by atoms with E-state index in [-0.39, 0.29) is 17.9 Å². The van der Waals surface area contributed by atoms with Crippen LogP contribution in [0.2, 0.25) is 0 Å². The van der Waals surface area contributed by atoms with Crippen LogP contribution in [0.15, 0.2) is 42.6 Å². The number of pyridine rings is 1. The number of nitrogens with zero attached hydrogens (tertiary/aromatic N) is 3. The molecule has 0 atom stereocenters. The molecule has 2 amide bonds. The molecule has 0 radical (unpaired) electrons. The Kier molecular flexibility index (Phi) is 7.17. The first kappa shape index (κ1) is 22.4. The van der Waals surface area contributed by atoms with E-state index in [1.165, 1.54) is 0 Å². The van der Waals surface area contributed by atoms with Gasteiger partial charge in [-0.3, -0.25) is 14.5 Å².